The topological polar surface area (TPSA) is 67.2 Å². The Bertz CT molecular complexity index is 975. The number of benzene rings is 2. The van der Waals surface area contributed by atoms with Crippen LogP contribution in [0.4, 0.5) is 0 Å². The summed E-state index contributed by atoms with van der Waals surface area (Å²) >= 11 is 10.3. The number of nitrogens with one attached hydrogen (secondary N) is 1. The molecule has 1 heterocycles. The van der Waals surface area contributed by atoms with Crippen LogP contribution < -0.4 is 5.43 Å². The summed E-state index contributed by atoms with van der Waals surface area (Å²) in [4.78, 5) is 11.9. The molecule has 0 spiro atoms. The molecule has 9 heteroatoms. The quantitative estimate of drug-likeness (QED) is 0.263. The molecule has 3 aromatic rings. The number of allylic oxidation sites excluding steroid dienone is 1. The third kappa shape index (κ3) is 8.02. The number of hydrazone groups is 1. The van der Waals surface area contributed by atoms with E-state index in [1.807, 2.05) is 60.7 Å². The number of carbonyl (C=O) groups excluding carboxylic acids is 1. The van der Waals surface area contributed by atoms with Crippen LogP contribution in [0, 0.1) is 0 Å². The van der Waals surface area contributed by atoms with Gasteiger partial charge in [0.1, 0.15) is 0 Å². The van der Waals surface area contributed by atoms with Crippen molar-refractivity contribution in [2.75, 3.05) is 5.75 Å². The maximum Gasteiger partial charge on any atom is 0.250 e. The highest BCUT2D eigenvalue weighted by Crippen LogP contribution is 2.30. The molecule has 1 aromatic heterocycles. The van der Waals surface area contributed by atoms with Crippen molar-refractivity contribution in [2.24, 2.45) is 5.10 Å². The zero-order valence-electron chi connectivity index (χ0n) is 15.2. The van der Waals surface area contributed by atoms with Crippen molar-refractivity contribution in [3.05, 3.63) is 76.8 Å². The van der Waals surface area contributed by atoms with Gasteiger partial charge in [-0.25, -0.2) is 5.43 Å². The van der Waals surface area contributed by atoms with Crippen LogP contribution >= 0.6 is 46.5 Å². The van der Waals surface area contributed by atoms with E-state index in [9.17, 15) is 4.79 Å². The number of thioether (sulfide) groups is 2. The molecule has 0 aliphatic heterocycles. The first-order chi connectivity index (χ1) is 14.2. The number of carbonyl (C=O) groups is 1. The number of halogens is 1. The smallest absolute Gasteiger partial charge is 0.250 e. The highest BCUT2D eigenvalue weighted by atomic mass is 35.5. The van der Waals surface area contributed by atoms with Gasteiger partial charge in [-0.1, -0.05) is 95.0 Å². The lowest BCUT2D eigenvalue weighted by Crippen LogP contribution is -2.19. The minimum atomic E-state index is -0.190. The van der Waals surface area contributed by atoms with Crippen LogP contribution in [0.2, 0.25) is 5.02 Å². The molecular formula is C20H17ClN4OS3. The molecule has 0 aliphatic carbocycles. The number of hydrogen-bond acceptors (Lipinski definition) is 7. The van der Waals surface area contributed by atoms with Gasteiger partial charge in [0.25, 0.3) is 5.91 Å². The van der Waals surface area contributed by atoms with E-state index >= 15 is 0 Å². The molecular weight excluding hydrogens is 444 g/mol. The normalized spacial score (nSPS) is 11.3. The van der Waals surface area contributed by atoms with Crippen molar-refractivity contribution in [3.63, 3.8) is 0 Å². The summed E-state index contributed by atoms with van der Waals surface area (Å²) in [7, 11) is 0. The van der Waals surface area contributed by atoms with Crippen LogP contribution in [-0.2, 0) is 10.5 Å². The summed E-state index contributed by atoms with van der Waals surface area (Å²) in [6.45, 7) is 0. The van der Waals surface area contributed by atoms with Crippen molar-refractivity contribution in [3.8, 4) is 0 Å². The fraction of sp³-hybridized carbons (Fsp3) is 0.100. The Hall–Kier alpha value is -2.13. The first-order valence-electron chi connectivity index (χ1n) is 8.56. The maximum absolute atomic E-state index is 11.9. The largest absolute Gasteiger partial charge is 0.272 e. The lowest BCUT2D eigenvalue weighted by Gasteiger charge is -1.98. The van der Waals surface area contributed by atoms with Gasteiger partial charge in [0.2, 0.25) is 0 Å². The van der Waals surface area contributed by atoms with Gasteiger partial charge in [-0.05, 0) is 29.3 Å². The molecule has 0 unspecified atom stereocenters. The number of rotatable bonds is 9. The third-order valence-corrected chi connectivity index (χ3v) is 6.94. The average molecular weight is 461 g/mol. The van der Waals surface area contributed by atoms with Gasteiger partial charge in [-0.2, -0.15) is 5.10 Å². The summed E-state index contributed by atoms with van der Waals surface area (Å²) in [6.07, 6.45) is 5.23. The van der Waals surface area contributed by atoms with E-state index in [-0.39, 0.29) is 11.7 Å². The van der Waals surface area contributed by atoms with Crippen molar-refractivity contribution in [1.82, 2.24) is 15.6 Å². The zero-order chi connectivity index (χ0) is 20.3. The second-order valence-corrected chi connectivity index (χ2v) is 9.48. The molecule has 148 valence electrons. The first kappa shape index (κ1) is 21.6. The molecule has 0 atom stereocenters. The van der Waals surface area contributed by atoms with Crippen LogP contribution in [0.5, 0.6) is 0 Å². The van der Waals surface area contributed by atoms with Gasteiger partial charge in [0.15, 0.2) is 8.68 Å². The summed E-state index contributed by atoms with van der Waals surface area (Å²) in [6, 6.07) is 17.6. The summed E-state index contributed by atoms with van der Waals surface area (Å²) in [5.74, 6) is 0.836. The van der Waals surface area contributed by atoms with Crippen molar-refractivity contribution >= 4 is 64.7 Å². The molecule has 5 nitrogen and oxygen atoms in total. The van der Waals surface area contributed by atoms with Gasteiger partial charge in [-0.3, -0.25) is 4.79 Å². The van der Waals surface area contributed by atoms with E-state index in [1.165, 1.54) is 28.7 Å². The minimum Gasteiger partial charge on any atom is -0.272 e. The fourth-order valence-electron chi connectivity index (χ4n) is 2.07. The summed E-state index contributed by atoms with van der Waals surface area (Å²) < 4.78 is 1.62. The van der Waals surface area contributed by atoms with Gasteiger partial charge >= 0.3 is 0 Å². The second kappa shape index (κ2) is 11.8. The first-order valence-corrected chi connectivity index (χ1v) is 11.7. The highest BCUT2D eigenvalue weighted by Gasteiger charge is 2.08. The molecule has 0 saturated carbocycles. The fourth-order valence-corrected chi connectivity index (χ4v) is 4.96. The Morgan fingerprint density at radius 2 is 1.79 bits per heavy atom. The average Bonchev–Trinajstić information content (AvgIpc) is 3.20. The molecule has 1 N–H and O–H groups in total. The van der Waals surface area contributed by atoms with E-state index in [0.717, 1.165) is 25.0 Å². The Morgan fingerprint density at radius 3 is 2.55 bits per heavy atom. The molecule has 0 bridgehead atoms. The number of hydrogen-bond donors (Lipinski definition) is 1. The lowest BCUT2D eigenvalue weighted by atomic mass is 10.2. The monoisotopic (exact) mass is 460 g/mol. The van der Waals surface area contributed by atoms with E-state index in [1.54, 1.807) is 24.1 Å². The van der Waals surface area contributed by atoms with Gasteiger partial charge in [-0.15, -0.1) is 10.2 Å². The Labute approximate surface area is 186 Å². The van der Waals surface area contributed by atoms with Crippen LogP contribution in [0.15, 0.2) is 74.5 Å². The third-order valence-electron chi connectivity index (χ3n) is 3.43. The van der Waals surface area contributed by atoms with Gasteiger partial charge in [0.05, 0.1) is 5.75 Å². The van der Waals surface area contributed by atoms with E-state index in [4.69, 9.17) is 11.6 Å². The predicted octanol–water partition coefficient (Wildman–Crippen LogP) is 5.39. The Balaban J connectivity index is 1.36. The molecule has 3 rings (SSSR count). The number of amides is 1. The van der Waals surface area contributed by atoms with Crippen molar-refractivity contribution < 1.29 is 4.79 Å². The van der Waals surface area contributed by atoms with Crippen LogP contribution in [0.25, 0.3) is 6.08 Å². The molecule has 0 radical (unpaired) electrons. The van der Waals surface area contributed by atoms with Crippen molar-refractivity contribution in [2.45, 2.75) is 14.4 Å². The second-order valence-electron chi connectivity index (χ2n) is 5.62. The summed E-state index contributed by atoms with van der Waals surface area (Å²) in [5, 5.41) is 12.9. The molecule has 29 heavy (non-hydrogen) atoms. The molecule has 2 aromatic carbocycles. The number of aromatic nitrogens is 2. The number of nitrogens with zero attached hydrogens (tertiary/aromatic N) is 3. The van der Waals surface area contributed by atoms with Gasteiger partial charge < -0.3 is 0 Å². The molecule has 1 amide bonds. The maximum atomic E-state index is 11.9. The van der Waals surface area contributed by atoms with E-state index in [0.29, 0.717) is 0 Å². The van der Waals surface area contributed by atoms with E-state index < -0.39 is 0 Å². The van der Waals surface area contributed by atoms with E-state index in [2.05, 4.69) is 20.7 Å². The lowest BCUT2D eigenvalue weighted by molar-refractivity contribution is -0.118. The van der Waals surface area contributed by atoms with Crippen LogP contribution in [0.3, 0.4) is 0 Å². The SMILES string of the molecule is O=C(CSc1nnc(SCc2ccc(Cl)cc2)s1)N/N=C/C=C\c1ccccc1. The Kier molecular flexibility index (Phi) is 8.76. The van der Waals surface area contributed by atoms with Crippen LogP contribution in [-0.4, -0.2) is 28.1 Å². The van der Waals surface area contributed by atoms with Gasteiger partial charge in [0, 0.05) is 17.0 Å². The molecule has 0 saturated heterocycles. The summed E-state index contributed by atoms with van der Waals surface area (Å²) in [5.41, 5.74) is 4.74. The molecule has 0 fully saturated rings. The standard InChI is InChI=1S/C20H17ClN4OS3/c21-17-10-8-16(9-11-17)13-27-19-24-25-20(29-19)28-14-18(26)23-22-12-4-7-15-5-2-1-3-6-15/h1-12H,13-14H2,(H,23,26)/b7-4-,22-12+. The highest BCUT2D eigenvalue weighted by molar-refractivity contribution is 8.03. The minimum absolute atomic E-state index is 0.190. The molecule has 0 aliphatic rings. The Morgan fingerprint density at radius 1 is 1.07 bits per heavy atom. The zero-order valence-corrected chi connectivity index (χ0v) is 18.4. The van der Waals surface area contributed by atoms with Crippen molar-refractivity contribution in [1.29, 1.82) is 0 Å². The predicted molar refractivity (Wildman–Crippen MR) is 124 cm³/mol. The van der Waals surface area contributed by atoms with Crippen LogP contribution in [0.1, 0.15) is 11.1 Å².